The van der Waals surface area contributed by atoms with Gasteiger partial charge in [0.05, 0.1) is 22.8 Å². The van der Waals surface area contributed by atoms with Crippen molar-refractivity contribution in [2.24, 2.45) is 0 Å². The summed E-state index contributed by atoms with van der Waals surface area (Å²) in [5.74, 6) is 0.291. The summed E-state index contributed by atoms with van der Waals surface area (Å²) in [6.45, 7) is 5.97. The molecule has 0 unspecified atom stereocenters. The molecule has 0 radical (unpaired) electrons. The molecule has 0 saturated heterocycles. The molecule has 4 nitrogen and oxygen atoms in total. The SMILES string of the molecule is Cc1nc(CC(=O)c2snnc2C(C)C)cs1. The number of thiazole rings is 1. The highest BCUT2D eigenvalue weighted by Gasteiger charge is 2.19. The minimum atomic E-state index is 0.0639. The Morgan fingerprint density at radius 3 is 2.82 bits per heavy atom. The number of aromatic nitrogens is 3. The van der Waals surface area contributed by atoms with Crippen LogP contribution in [-0.2, 0) is 6.42 Å². The van der Waals surface area contributed by atoms with E-state index in [2.05, 4.69) is 14.6 Å². The van der Waals surface area contributed by atoms with Gasteiger partial charge in [-0.05, 0) is 24.4 Å². The molecule has 6 heteroatoms. The van der Waals surface area contributed by atoms with E-state index in [0.717, 1.165) is 16.4 Å². The molecule has 0 amide bonds. The Morgan fingerprint density at radius 1 is 1.47 bits per heavy atom. The zero-order valence-electron chi connectivity index (χ0n) is 9.93. The summed E-state index contributed by atoms with van der Waals surface area (Å²) < 4.78 is 3.86. The number of rotatable bonds is 4. The number of Topliss-reactive ketones (excluding diaryl/α,β-unsaturated/α-hetero) is 1. The fraction of sp³-hybridized carbons (Fsp3) is 0.455. The summed E-state index contributed by atoms with van der Waals surface area (Å²) in [6, 6.07) is 0. The maximum absolute atomic E-state index is 12.1. The Labute approximate surface area is 108 Å². The molecule has 0 aromatic carbocycles. The van der Waals surface area contributed by atoms with E-state index in [0.29, 0.717) is 11.3 Å². The van der Waals surface area contributed by atoms with Crippen LogP contribution in [0.15, 0.2) is 5.38 Å². The number of nitrogens with zero attached hydrogens (tertiary/aromatic N) is 3. The zero-order chi connectivity index (χ0) is 12.4. The predicted molar refractivity (Wildman–Crippen MR) is 68.9 cm³/mol. The average molecular weight is 267 g/mol. The highest BCUT2D eigenvalue weighted by Crippen LogP contribution is 2.21. The van der Waals surface area contributed by atoms with E-state index in [1.807, 2.05) is 26.2 Å². The molecule has 0 aliphatic heterocycles. The molecular formula is C11H13N3OS2. The fourth-order valence-corrected chi connectivity index (χ4v) is 2.87. The van der Waals surface area contributed by atoms with Crippen LogP contribution in [0.4, 0.5) is 0 Å². The zero-order valence-corrected chi connectivity index (χ0v) is 11.6. The Hall–Kier alpha value is -1.14. The summed E-state index contributed by atoms with van der Waals surface area (Å²) in [5.41, 5.74) is 1.63. The minimum absolute atomic E-state index is 0.0639. The molecule has 0 bridgehead atoms. The normalized spacial score (nSPS) is 11.1. The molecule has 0 fully saturated rings. The predicted octanol–water partition coefficient (Wildman–Crippen LogP) is 2.85. The van der Waals surface area contributed by atoms with Gasteiger partial charge in [-0.2, -0.15) is 0 Å². The van der Waals surface area contributed by atoms with Gasteiger partial charge in [0.1, 0.15) is 4.88 Å². The van der Waals surface area contributed by atoms with Crippen molar-refractivity contribution in [1.29, 1.82) is 0 Å². The maximum atomic E-state index is 12.1. The number of carbonyl (C=O) groups excluding carboxylic acids is 1. The van der Waals surface area contributed by atoms with Crippen molar-refractivity contribution in [3.8, 4) is 0 Å². The quantitative estimate of drug-likeness (QED) is 0.799. The fourth-order valence-electron chi connectivity index (χ4n) is 1.50. The highest BCUT2D eigenvalue weighted by molar-refractivity contribution is 7.09. The van der Waals surface area contributed by atoms with E-state index in [-0.39, 0.29) is 11.7 Å². The lowest BCUT2D eigenvalue weighted by Crippen LogP contribution is -2.06. The van der Waals surface area contributed by atoms with Crippen LogP contribution < -0.4 is 0 Å². The average Bonchev–Trinajstić information content (AvgIpc) is 2.86. The largest absolute Gasteiger partial charge is 0.293 e. The minimum Gasteiger partial charge on any atom is -0.293 e. The van der Waals surface area contributed by atoms with Crippen molar-refractivity contribution in [3.05, 3.63) is 26.7 Å². The van der Waals surface area contributed by atoms with E-state index < -0.39 is 0 Å². The van der Waals surface area contributed by atoms with Gasteiger partial charge >= 0.3 is 0 Å². The summed E-state index contributed by atoms with van der Waals surface area (Å²) in [6.07, 6.45) is 0.341. The molecule has 0 aliphatic carbocycles. The van der Waals surface area contributed by atoms with Gasteiger partial charge in [0.25, 0.3) is 0 Å². The standard InChI is InChI=1S/C11H13N3OS2/c1-6(2)10-11(17-14-13-10)9(15)4-8-5-16-7(3)12-8/h5-6H,4H2,1-3H3. The van der Waals surface area contributed by atoms with Crippen LogP contribution in [0.3, 0.4) is 0 Å². The molecule has 90 valence electrons. The third-order valence-corrected chi connectivity index (χ3v) is 3.93. The summed E-state index contributed by atoms with van der Waals surface area (Å²) in [7, 11) is 0. The van der Waals surface area contributed by atoms with Crippen molar-refractivity contribution in [3.63, 3.8) is 0 Å². The number of carbonyl (C=O) groups is 1. The van der Waals surface area contributed by atoms with E-state index in [1.54, 1.807) is 11.3 Å². The molecule has 17 heavy (non-hydrogen) atoms. The smallest absolute Gasteiger partial charge is 0.182 e. The second-order valence-electron chi connectivity index (χ2n) is 4.10. The van der Waals surface area contributed by atoms with Gasteiger partial charge in [-0.3, -0.25) is 4.79 Å². The van der Waals surface area contributed by atoms with Gasteiger partial charge in [0.15, 0.2) is 5.78 Å². The van der Waals surface area contributed by atoms with Crippen LogP contribution in [0.5, 0.6) is 0 Å². The van der Waals surface area contributed by atoms with Gasteiger partial charge < -0.3 is 0 Å². The lowest BCUT2D eigenvalue weighted by atomic mass is 10.1. The first-order valence-electron chi connectivity index (χ1n) is 5.34. The second-order valence-corrected chi connectivity index (χ2v) is 5.92. The van der Waals surface area contributed by atoms with Gasteiger partial charge in [-0.25, -0.2) is 4.98 Å². The van der Waals surface area contributed by atoms with Gasteiger partial charge in [-0.15, -0.1) is 16.4 Å². The van der Waals surface area contributed by atoms with E-state index in [9.17, 15) is 4.79 Å². The van der Waals surface area contributed by atoms with Gasteiger partial charge in [-0.1, -0.05) is 18.3 Å². The number of ketones is 1. The van der Waals surface area contributed by atoms with E-state index >= 15 is 0 Å². The van der Waals surface area contributed by atoms with Crippen molar-refractivity contribution >= 4 is 28.7 Å². The van der Waals surface area contributed by atoms with Gasteiger partial charge in [0.2, 0.25) is 0 Å². The Bertz CT molecular complexity index is 530. The van der Waals surface area contributed by atoms with Crippen LogP contribution in [0.2, 0.25) is 0 Å². The molecule has 2 heterocycles. The lowest BCUT2D eigenvalue weighted by molar-refractivity contribution is 0.0994. The van der Waals surface area contributed by atoms with E-state index in [4.69, 9.17) is 0 Å². The van der Waals surface area contributed by atoms with Gasteiger partial charge in [0, 0.05) is 5.38 Å². The summed E-state index contributed by atoms with van der Waals surface area (Å²) >= 11 is 2.74. The molecular weight excluding hydrogens is 254 g/mol. The second kappa shape index (κ2) is 5.01. The van der Waals surface area contributed by atoms with Crippen LogP contribution in [0.1, 0.15) is 45.8 Å². The molecule has 2 aromatic heterocycles. The molecule has 2 rings (SSSR count). The molecule has 0 spiro atoms. The topological polar surface area (TPSA) is 55.7 Å². The van der Waals surface area contributed by atoms with Crippen LogP contribution >= 0.6 is 22.9 Å². The third-order valence-electron chi connectivity index (χ3n) is 2.32. The molecule has 0 atom stereocenters. The first-order valence-corrected chi connectivity index (χ1v) is 6.99. The molecule has 2 aromatic rings. The van der Waals surface area contributed by atoms with Crippen molar-refractivity contribution < 1.29 is 4.79 Å². The Morgan fingerprint density at radius 2 is 2.24 bits per heavy atom. The number of hydrogen-bond donors (Lipinski definition) is 0. The Kier molecular flexibility index (Phi) is 3.63. The molecule has 0 saturated carbocycles. The molecule has 0 aliphatic rings. The third kappa shape index (κ3) is 2.76. The number of aryl methyl sites for hydroxylation is 1. The first kappa shape index (κ1) is 12.3. The van der Waals surface area contributed by atoms with E-state index in [1.165, 1.54) is 11.5 Å². The maximum Gasteiger partial charge on any atom is 0.182 e. The van der Waals surface area contributed by atoms with Crippen molar-refractivity contribution in [2.45, 2.75) is 33.1 Å². The van der Waals surface area contributed by atoms with Crippen LogP contribution in [0.25, 0.3) is 0 Å². The first-order chi connectivity index (χ1) is 8.08. The van der Waals surface area contributed by atoms with Crippen LogP contribution in [-0.4, -0.2) is 20.4 Å². The Balaban J connectivity index is 2.17. The summed E-state index contributed by atoms with van der Waals surface area (Å²) in [5, 5.41) is 6.93. The van der Waals surface area contributed by atoms with Crippen LogP contribution in [0, 0.1) is 6.92 Å². The lowest BCUT2D eigenvalue weighted by Gasteiger charge is -2.01. The van der Waals surface area contributed by atoms with Crippen molar-refractivity contribution in [2.75, 3.05) is 0 Å². The monoisotopic (exact) mass is 267 g/mol. The molecule has 0 N–H and O–H groups in total. The number of hydrogen-bond acceptors (Lipinski definition) is 6. The van der Waals surface area contributed by atoms with Crippen molar-refractivity contribution in [1.82, 2.24) is 14.6 Å². The summed E-state index contributed by atoms with van der Waals surface area (Å²) in [4.78, 5) is 17.1. The highest BCUT2D eigenvalue weighted by atomic mass is 32.1.